The number of thioether (sulfide) groups is 2. The van der Waals surface area contributed by atoms with Gasteiger partial charge in [-0.3, -0.25) is 0 Å². The Hall–Kier alpha value is -1.04. The fourth-order valence-corrected chi connectivity index (χ4v) is 16.4. The molecule has 0 spiro atoms. The summed E-state index contributed by atoms with van der Waals surface area (Å²) in [6.07, 6.45) is 18.2. The highest BCUT2D eigenvalue weighted by Crippen LogP contribution is 2.39. The van der Waals surface area contributed by atoms with Crippen molar-refractivity contribution in [2.45, 2.75) is 166 Å². The normalized spacial score (nSPS) is 11.9. The van der Waals surface area contributed by atoms with Gasteiger partial charge < -0.3 is 10.2 Å². The summed E-state index contributed by atoms with van der Waals surface area (Å²) in [5.74, 6) is 1.12. The van der Waals surface area contributed by atoms with Gasteiger partial charge in [-0.05, 0) is 109 Å². The molecule has 43 heavy (non-hydrogen) atoms. The van der Waals surface area contributed by atoms with Gasteiger partial charge >= 0.3 is 0 Å². The molecule has 0 aromatic heterocycles. The van der Waals surface area contributed by atoms with Crippen LogP contribution >= 0.6 is 23.5 Å². The summed E-state index contributed by atoms with van der Waals surface area (Å²) in [6.45, 7) is 13.6. The molecular weight excluding hydrogens is 581 g/mol. The van der Waals surface area contributed by atoms with Gasteiger partial charge in [-0.1, -0.05) is 105 Å². The summed E-state index contributed by atoms with van der Waals surface area (Å²) in [7, 11) is -1.60. The zero-order valence-corrected chi connectivity index (χ0v) is 31.3. The Labute approximate surface area is 275 Å². The number of hydrogen-bond acceptors (Lipinski definition) is 4. The molecule has 0 unspecified atom stereocenters. The molecule has 2 N–H and O–H groups in total. The SMILES string of the molecule is CCCCc1cc(SC[Si](CCCC)(CCCC)CSc2cc(CCCC)c(O)c(CCCC)c2)cc(CCCC)c1O. The van der Waals surface area contributed by atoms with E-state index in [0.717, 1.165) is 99.3 Å². The number of benzene rings is 2. The second-order valence-corrected chi connectivity index (χ2v) is 20.7. The Kier molecular flexibility index (Phi) is 19.2. The largest absolute Gasteiger partial charge is 0.507 e. The van der Waals surface area contributed by atoms with Crippen LogP contribution in [0.4, 0.5) is 0 Å². The lowest BCUT2D eigenvalue weighted by molar-refractivity contribution is 0.457. The Bertz CT molecular complexity index is 913. The first-order valence-corrected chi connectivity index (χ1v) is 22.6. The third kappa shape index (κ3) is 13.1. The molecule has 0 aliphatic rings. The van der Waals surface area contributed by atoms with E-state index in [1.807, 2.05) is 0 Å². The molecule has 0 radical (unpaired) electrons. The van der Waals surface area contributed by atoms with Crippen molar-refractivity contribution in [3.63, 3.8) is 0 Å². The molecule has 2 aromatic rings. The fourth-order valence-electron chi connectivity index (χ4n) is 5.89. The van der Waals surface area contributed by atoms with Crippen LogP contribution in [-0.4, -0.2) is 29.0 Å². The van der Waals surface area contributed by atoms with Crippen molar-refractivity contribution in [3.05, 3.63) is 46.5 Å². The highest BCUT2D eigenvalue weighted by atomic mass is 32.2. The average Bonchev–Trinajstić information content (AvgIpc) is 3.02. The molecule has 2 aromatic carbocycles. The number of hydrogen-bond donors (Lipinski definition) is 2. The Morgan fingerprint density at radius 1 is 0.465 bits per heavy atom. The molecule has 244 valence electrons. The van der Waals surface area contributed by atoms with Crippen molar-refractivity contribution in [1.29, 1.82) is 0 Å². The number of phenolic OH excluding ortho intramolecular Hbond substituents is 2. The maximum absolute atomic E-state index is 11.1. The van der Waals surface area contributed by atoms with E-state index in [2.05, 4.69) is 89.3 Å². The summed E-state index contributed by atoms with van der Waals surface area (Å²) < 4.78 is 0. The van der Waals surface area contributed by atoms with E-state index in [1.165, 1.54) is 58.3 Å². The van der Waals surface area contributed by atoms with E-state index in [4.69, 9.17) is 0 Å². The second-order valence-electron chi connectivity index (χ2n) is 12.9. The standard InChI is InChI=1S/C38H64O2S2Si/c1-7-13-19-31-25-35(26-32(37(31)39)20-14-8-2)41-29-43(23-17-11-5,24-18-12-6)30-42-36-27-33(21-15-9-3)38(40)34(28-36)22-16-10-4/h25-28,39-40H,7-24,29-30H2,1-6H3. The van der Waals surface area contributed by atoms with Gasteiger partial charge in [0.15, 0.2) is 0 Å². The highest BCUT2D eigenvalue weighted by Gasteiger charge is 2.32. The summed E-state index contributed by atoms with van der Waals surface area (Å²) in [6, 6.07) is 12.1. The summed E-state index contributed by atoms with van der Waals surface area (Å²) in [5.41, 5.74) is 4.63. The van der Waals surface area contributed by atoms with Crippen LogP contribution in [0.15, 0.2) is 34.1 Å². The number of unbranched alkanes of at least 4 members (excludes halogenated alkanes) is 6. The average molecular weight is 645 g/mol. The molecule has 0 fully saturated rings. The Balaban J connectivity index is 2.38. The van der Waals surface area contributed by atoms with Gasteiger partial charge in [-0.25, -0.2) is 0 Å². The van der Waals surface area contributed by atoms with E-state index in [9.17, 15) is 10.2 Å². The van der Waals surface area contributed by atoms with Crippen molar-refractivity contribution in [2.24, 2.45) is 0 Å². The van der Waals surface area contributed by atoms with Gasteiger partial charge in [0.2, 0.25) is 0 Å². The minimum absolute atomic E-state index is 0.562. The van der Waals surface area contributed by atoms with Crippen LogP contribution in [0.2, 0.25) is 12.1 Å². The number of rotatable bonds is 24. The molecule has 0 aliphatic heterocycles. The number of aryl methyl sites for hydroxylation is 4. The Morgan fingerprint density at radius 3 is 1.00 bits per heavy atom. The van der Waals surface area contributed by atoms with Crippen LogP contribution < -0.4 is 0 Å². The number of phenols is 2. The van der Waals surface area contributed by atoms with Crippen molar-refractivity contribution >= 4 is 31.6 Å². The maximum Gasteiger partial charge on any atom is 0.122 e. The molecule has 5 heteroatoms. The van der Waals surface area contributed by atoms with Crippen molar-refractivity contribution < 1.29 is 10.2 Å². The van der Waals surface area contributed by atoms with Gasteiger partial charge in [0, 0.05) is 9.79 Å². The summed E-state index contributed by atoms with van der Waals surface area (Å²) in [5, 5.41) is 24.7. The molecule has 2 rings (SSSR count). The third-order valence-electron chi connectivity index (χ3n) is 8.89. The van der Waals surface area contributed by atoms with Crippen LogP contribution in [-0.2, 0) is 25.7 Å². The first kappa shape index (κ1) is 38.1. The topological polar surface area (TPSA) is 40.5 Å². The van der Waals surface area contributed by atoms with Crippen molar-refractivity contribution in [1.82, 2.24) is 0 Å². The Morgan fingerprint density at radius 2 is 0.744 bits per heavy atom. The molecule has 0 bridgehead atoms. The maximum atomic E-state index is 11.1. The number of aromatic hydroxyl groups is 2. The van der Waals surface area contributed by atoms with E-state index in [-0.39, 0.29) is 0 Å². The van der Waals surface area contributed by atoms with E-state index >= 15 is 0 Å². The molecule has 0 heterocycles. The monoisotopic (exact) mass is 644 g/mol. The van der Waals surface area contributed by atoms with Crippen LogP contribution in [0.5, 0.6) is 11.5 Å². The van der Waals surface area contributed by atoms with Gasteiger partial charge in [-0.15, -0.1) is 23.5 Å². The highest BCUT2D eigenvalue weighted by molar-refractivity contribution is 8.03. The van der Waals surface area contributed by atoms with Gasteiger partial charge in [0.25, 0.3) is 0 Å². The second kappa shape index (κ2) is 21.7. The van der Waals surface area contributed by atoms with Crippen molar-refractivity contribution in [3.8, 4) is 11.5 Å². The van der Waals surface area contributed by atoms with Crippen LogP contribution in [0.3, 0.4) is 0 Å². The third-order valence-corrected chi connectivity index (χ3v) is 18.9. The smallest absolute Gasteiger partial charge is 0.122 e. The summed E-state index contributed by atoms with van der Waals surface area (Å²) >= 11 is 4.19. The lowest BCUT2D eigenvalue weighted by Gasteiger charge is -2.32. The fraction of sp³-hybridized carbons (Fsp3) is 0.684. The lowest BCUT2D eigenvalue weighted by atomic mass is 10.0. The molecule has 2 nitrogen and oxygen atoms in total. The van der Waals surface area contributed by atoms with Gasteiger partial charge in [0.1, 0.15) is 11.5 Å². The molecule has 0 saturated carbocycles. The van der Waals surface area contributed by atoms with Crippen molar-refractivity contribution in [2.75, 3.05) is 10.8 Å². The summed E-state index contributed by atoms with van der Waals surface area (Å²) in [4.78, 5) is 2.75. The zero-order chi connectivity index (χ0) is 31.5. The van der Waals surface area contributed by atoms with Crippen LogP contribution in [0, 0.1) is 0 Å². The molecule has 0 atom stereocenters. The molecule has 0 amide bonds. The van der Waals surface area contributed by atoms with E-state index < -0.39 is 8.07 Å². The first-order valence-electron chi connectivity index (χ1n) is 17.8. The quantitative estimate of drug-likeness (QED) is 0.0881. The molecular formula is C38H64O2S2Si. The molecule has 0 saturated heterocycles. The predicted octanol–water partition coefficient (Wildman–Crippen LogP) is 12.5. The minimum atomic E-state index is -1.60. The first-order chi connectivity index (χ1) is 20.9. The van der Waals surface area contributed by atoms with Crippen LogP contribution in [0.1, 0.15) is 141 Å². The van der Waals surface area contributed by atoms with Gasteiger partial charge in [0.05, 0.1) is 8.07 Å². The zero-order valence-electron chi connectivity index (χ0n) is 28.7. The minimum Gasteiger partial charge on any atom is -0.507 e. The van der Waals surface area contributed by atoms with E-state index in [0.29, 0.717) is 11.5 Å². The van der Waals surface area contributed by atoms with E-state index in [1.54, 1.807) is 0 Å². The van der Waals surface area contributed by atoms with Gasteiger partial charge in [-0.2, -0.15) is 0 Å². The predicted molar refractivity (Wildman–Crippen MR) is 197 cm³/mol. The molecule has 0 aliphatic carbocycles. The lowest BCUT2D eigenvalue weighted by Crippen LogP contribution is -2.41. The van der Waals surface area contributed by atoms with Crippen LogP contribution in [0.25, 0.3) is 0 Å².